The zero-order valence-electron chi connectivity index (χ0n) is 11.4. The zero-order chi connectivity index (χ0) is 14.2. The summed E-state index contributed by atoms with van der Waals surface area (Å²) in [5.41, 5.74) is 4.91. The smallest absolute Gasteiger partial charge is 0.236 e. The number of rotatable bonds is 10. The van der Waals surface area contributed by atoms with E-state index in [1.807, 2.05) is 6.79 Å². The van der Waals surface area contributed by atoms with Crippen LogP contribution in [0.2, 0.25) is 0 Å². The molecule has 0 aromatic rings. The predicted molar refractivity (Wildman–Crippen MR) is 71.9 cm³/mol. The van der Waals surface area contributed by atoms with Gasteiger partial charge in [0.15, 0.2) is 0 Å². The van der Waals surface area contributed by atoms with Crippen LogP contribution in [0.5, 0.6) is 0 Å². The molecule has 0 aromatic heterocycles. The Bertz CT molecular complexity index is 220. The Balaban J connectivity index is 0. The van der Waals surface area contributed by atoms with E-state index in [0.717, 1.165) is 12.8 Å². The monoisotopic (exact) mass is 258 g/mol. The first kappa shape index (κ1) is 19.0. The third-order valence-corrected chi connectivity index (χ3v) is 2.47. The van der Waals surface area contributed by atoms with Gasteiger partial charge in [0.1, 0.15) is 6.79 Å². The van der Waals surface area contributed by atoms with Crippen molar-refractivity contribution in [3.05, 3.63) is 0 Å². The number of unbranched alkanes of at least 4 members (excludes halogenated alkanes) is 6. The van der Waals surface area contributed by atoms with E-state index in [0.29, 0.717) is 6.42 Å². The molecule has 0 saturated heterocycles. The summed E-state index contributed by atoms with van der Waals surface area (Å²) >= 11 is 0. The van der Waals surface area contributed by atoms with Crippen molar-refractivity contribution < 1.29 is 14.4 Å². The van der Waals surface area contributed by atoms with E-state index >= 15 is 0 Å². The predicted octanol–water partition coefficient (Wildman–Crippen LogP) is 1.54. The molecule has 0 heterocycles. The summed E-state index contributed by atoms with van der Waals surface area (Å²) in [6, 6.07) is 0. The molecule has 0 unspecified atom stereocenters. The summed E-state index contributed by atoms with van der Waals surface area (Å²) in [5.74, 6) is -0.569. The van der Waals surface area contributed by atoms with Crippen molar-refractivity contribution in [2.75, 3.05) is 6.54 Å². The number of nitrogens with one attached hydrogen (secondary N) is 1. The highest BCUT2D eigenvalue weighted by Crippen LogP contribution is 2.08. The van der Waals surface area contributed by atoms with Crippen molar-refractivity contribution >= 4 is 18.6 Å². The van der Waals surface area contributed by atoms with E-state index in [9.17, 15) is 9.59 Å². The van der Waals surface area contributed by atoms with Gasteiger partial charge in [0.05, 0.1) is 6.54 Å². The molecule has 106 valence electrons. The summed E-state index contributed by atoms with van der Waals surface area (Å²) in [6.07, 6.45) is 8.81. The van der Waals surface area contributed by atoms with Gasteiger partial charge in [0.2, 0.25) is 11.8 Å². The van der Waals surface area contributed by atoms with E-state index in [4.69, 9.17) is 10.5 Å². The molecule has 18 heavy (non-hydrogen) atoms. The summed E-state index contributed by atoms with van der Waals surface area (Å²) < 4.78 is 0. The number of nitrogens with two attached hydrogens (primary N) is 1. The fourth-order valence-electron chi connectivity index (χ4n) is 1.52. The molecule has 0 aliphatic heterocycles. The fraction of sp³-hybridized carbons (Fsp3) is 0.769. The van der Waals surface area contributed by atoms with E-state index in [1.165, 1.54) is 32.1 Å². The highest BCUT2D eigenvalue weighted by molar-refractivity contribution is 5.83. The van der Waals surface area contributed by atoms with E-state index in [-0.39, 0.29) is 12.5 Å². The average Bonchev–Trinajstić information content (AvgIpc) is 2.37. The van der Waals surface area contributed by atoms with Crippen molar-refractivity contribution in [2.45, 2.75) is 58.3 Å². The van der Waals surface area contributed by atoms with Crippen LogP contribution in [0, 0.1) is 0 Å². The van der Waals surface area contributed by atoms with Crippen LogP contribution in [0.3, 0.4) is 0 Å². The zero-order valence-corrected chi connectivity index (χ0v) is 11.4. The Morgan fingerprint density at radius 3 is 2.00 bits per heavy atom. The van der Waals surface area contributed by atoms with Crippen molar-refractivity contribution in [1.82, 2.24) is 5.32 Å². The largest absolute Gasteiger partial charge is 0.368 e. The molecule has 0 spiro atoms. The second kappa shape index (κ2) is 15.6. The van der Waals surface area contributed by atoms with E-state index in [2.05, 4.69) is 12.2 Å². The van der Waals surface area contributed by atoms with Crippen LogP contribution in [0.4, 0.5) is 0 Å². The maximum atomic E-state index is 11.2. The Labute approximate surface area is 109 Å². The second-order valence-electron chi connectivity index (χ2n) is 4.11. The molecule has 3 N–H and O–H groups in total. The molecule has 0 bridgehead atoms. The first-order chi connectivity index (χ1) is 8.66. The molecular formula is C13H26N2O3. The van der Waals surface area contributed by atoms with Crippen LogP contribution < -0.4 is 11.1 Å². The molecule has 0 aromatic carbocycles. The van der Waals surface area contributed by atoms with Gasteiger partial charge in [-0.25, -0.2) is 0 Å². The average molecular weight is 258 g/mol. The topological polar surface area (TPSA) is 89.3 Å². The Kier molecular flexibility index (Phi) is 16.4. The highest BCUT2D eigenvalue weighted by Gasteiger charge is 2.01. The minimum absolute atomic E-state index is 0.0463. The minimum Gasteiger partial charge on any atom is -0.368 e. The summed E-state index contributed by atoms with van der Waals surface area (Å²) in [6.45, 7) is 4.15. The van der Waals surface area contributed by atoms with Crippen LogP contribution in [0.15, 0.2) is 0 Å². The van der Waals surface area contributed by atoms with Gasteiger partial charge in [0, 0.05) is 6.42 Å². The lowest BCUT2D eigenvalue weighted by atomic mass is 10.1. The maximum absolute atomic E-state index is 11.2. The molecule has 0 atom stereocenters. The third-order valence-electron chi connectivity index (χ3n) is 2.47. The summed E-state index contributed by atoms with van der Waals surface area (Å²) in [7, 11) is 0. The van der Waals surface area contributed by atoms with Crippen LogP contribution in [-0.2, 0) is 14.4 Å². The summed E-state index contributed by atoms with van der Waals surface area (Å²) in [5, 5.41) is 2.48. The van der Waals surface area contributed by atoms with Crippen LogP contribution in [-0.4, -0.2) is 25.1 Å². The Hall–Kier alpha value is -1.39. The molecule has 0 fully saturated rings. The van der Waals surface area contributed by atoms with Gasteiger partial charge in [-0.3, -0.25) is 9.59 Å². The quantitative estimate of drug-likeness (QED) is 0.582. The molecule has 0 saturated carbocycles. The van der Waals surface area contributed by atoms with Crippen LogP contribution >= 0.6 is 0 Å². The number of primary amides is 1. The fourth-order valence-corrected chi connectivity index (χ4v) is 1.52. The number of carbonyl (C=O) groups is 3. The summed E-state index contributed by atoms with van der Waals surface area (Å²) in [4.78, 5) is 29.6. The second-order valence-corrected chi connectivity index (χ2v) is 4.11. The highest BCUT2D eigenvalue weighted by atomic mass is 16.2. The number of hydrogen-bond acceptors (Lipinski definition) is 3. The van der Waals surface area contributed by atoms with Crippen molar-refractivity contribution in [2.24, 2.45) is 5.73 Å². The molecule has 0 rings (SSSR count). The van der Waals surface area contributed by atoms with E-state index in [1.54, 1.807) is 0 Å². The van der Waals surface area contributed by atoms with Gasteiger partial charge in [-0.15, -0.1) is 0 Å². The van der Waals surface area contributed by atoms with Crippen molar-refractivity contribution in [3.8, 4) is 0 Å². The van der Waals surface area contributed by atoms with Gasteiger partial charge in [-0.05, 0) is 6.42 Å². The van der Waals surface area contributed by atoms with Crippen LogP contribution in [0.25, 0.3) is 0 Å². The third kappa shape index (κ3) is 17.0. The lowest BCUT2D eigenvalue weighted by Crippen LogP contribution is -2.33. The SMILES string of the molecule is C=O.CCCCCCCCCC(=O)NCC(N)=O. The van der Waals surface area contributed by atoms with Gasteiger partial charge in [0.25, 0.3) is 0 Å². The Morgan fingerprint density at radius 2 is 1.50 bits per heavy atom. The van der Waals surface area contributed by atoms with Crippen molar-refractivity contribution in [1.29, 1.82) is 0 Å². The molecule has 2 amide bonds. The number of amides is 2. The molecule has 5 heteroatoms. The molecular weight excluding hydrogens is 232 g/mol. The van der Waals surface area contributed by atoms with Gasteiger partial charge in [-0.2, -0.15) is 0 Å². The van der Waals surface area contributed by atoms with Crippen LogP contribution in [0.1, 0.15) is 58.3 Å². The normalized spacial score (nSPS) is 9.17. The number of carbonyl (C=O) groups excluding carboxylic acids is 3. The Morgan fingerprint density at radius 1 is 1.00 bits per heavy atom. The van der Waals surface area contributed by atoms with Gasteiger partial charge < -0.3 is 15.8 Å². The molecule has 0 aliphatic rings. The van der Waals surface area contributed by atoms with Gasteiger partial charge in [-0.1, -0.05) is 45.4 Å². The molecule has 0 aliphatic carbocycles. The first-order valence-electron chi connectivity index (χ1n) is 6.50. The van der Waals surface area contributed by atoms with E-state index < -0.39 is 5.91 Å². The number of hydrogen-bond donors (Lipinski definition) is 2. The minimum atomic E-state index is -0.493. The maximum Gasteiger partial charge on any atom is 0.236 e. The standard InChI is InChI=1S/C12H24N2O2.CH2O/c1-2-3-4-5-6-7-8-9-12(16)14-10-11(13)15;1-2/h2-10H2,1H3,(H2,13,15)(H,14,16);1H2. The first-order valence-corrected chi connectivity index (χ1v) is 6.50. The lowest BCUT2D eigenvalue weighted by Gasteiger charge is -2.02. The lowest BCUT2D eigenvalue weighted by molar-refractivity contribution is -0.124. The van der Waals surface area contributed by atoms with Gasteiger partial charge >= 0.3 is 0 Å². The molecule has 5 nitrogen and oxygen atoms in total. The molecule has 0 radical (unpaired) electrons. The van der Waals surface area contributed by atoms with Crippen molar-refractivity contribution in [3.63, 3.8) is 0 Å².